The Kier molecular flexibility index (Phi) is 4.74. The van der Waals surface area contributed by atoms with E-state index in [1.807, 2.05) is 45.8 Å². The van der Waals surface area contributed by atoms with Crippen LogP contribution in [0.2, 0.25) is 0 Å². The van der Waals surface area contributed by atoms with Gasteiger partial charge in [0, 0.05) is 63.0 Å². The highest BCUT2D eigenvalue weighted by Gasteiger charge is 2.28. The fourth-order valence-corrected chi connectivity index (χ4v) is 3.92. The Bertz CT molecular complexity index is 1010. The summed E-state index contributed by atoms with van der Waals surface area (Å²) < 4.78 is 5.80. The highest BCUT2D eigenvalue weighted by Crippen LogP contribution is 2.28. The van der Waals surface area contributed by atoms with Gasteiger partial charge >= 0.3 is 0 Å². The molecule has 148 valence electrons. The van der Waals surface area contributed by atoms with Crippen LogP contribution >= 0.6 is 0 Å². The summed E-state index contributed by atoms with van der Waals surface area (Å²) in [4.78, 5) is 14.8. The van der Waals surface area contributed by atoms with Crippen molar-refractivity contribution < 1.29 is 4.79 Å². The molecule has 9 nitrogen and oxygen atoms in total. The van der Waals surface area contributed by atoms with Crippen LogP contribution in [0.3, 0.4) is 0 Å². The van der Waals surface area contributed by atoms with Gasteiger partial charge in [-0.15, -0.1) is 10.2 Å². The minimum atomic E-state index is 0.143. The van der Waals surface area contributed by atoms with Crippen LogP contribution < -0.4 is 0 Å². The molecule has 0 spiro atoms. The molecular formula is C19H26N8O. The van der Waals surface area contributed by atoms with Gasteiger partial charge < -0.3 is 9.47 Å². The first kappa shape index (κ1) is 18.4. The third-order valence-electron chi connectivity index (χ3n) is 5.40. The monoisotopic (exact) mass is 382 g/mol. The second kappa shape index (κ2) is 7.21. The van der Waals surface area contributed by atoms with E-state index in [0.29, 0.717) is 26.1 Å². The maximum Gasteiger partial charge on any atom is 0.224 e. The van der Waals surface area contributed by atoms with Crippen LogP contribution in [-0.2, 0) is 37.9 Å². The first-order chi connectivity index (χ1) is 13.5. The van der Waals surface area contributed by atoms with Gasteiger partial charge in [-0.25, -0.2) is 0 Å². The Morgan fingerprint density at radius 1 is 1.25 bits per heavy atom. The second-order valence-corrected chi connectivity index (χ2v) is 7.30. The van der Waals surface area contributed by atoms with Crippen molar-refractivity contribution in [2.75, 3.05) is 6.54 Å². The number of carbonyl (C=O) groups excluding carboxylic acids is 1. The van der Waals surface area contributed by atoms with E-state index in [9.17, 15) is 4.79 Å². The summed E-state index contributed by atoms with van der Waals surface area (Å²) in [6.45, 7) is 8.69. The summed E-state index contributed by atoms with van der Waals surface area (Å²) in [5.74, 6) is 0.904. The van der Waals surface area contributed by atoms with Gasteiger partial charge in [0.15, 0.2) is 5.82 Å². The highest BCUT2D eigenvalue weighted by atomic mass is 16.2. The molecule has 28 heavy (non-hydrogen) atoms. The Morgan fingerprint density at radius 2 is 2.07 bits per heavy atom. The van der Waals surface area contributed by atoms with Crippen LogP contribution in [-0.4, -0.2) is 51.7 Å². The summed E-state index contributed by atoms with van der Waals surface area (Å²) in [6, 6.07) is 2.03. The predicted octanol–water partition coefficient (Wildman–Crippen LogP) is 1.49. The SMILES string of the molecule is CCn1cnnc1-c1nn(C)c2c1CN(C(=O)CCn1nc(C)cc1C)CC2. The normalized spacial score (nSPS) is 13.8. The molecule has 0 bridgehead atoms. The number of hydrogen-bond acceptors (Lipinski definition) is 5. The van der Waals surface area contributed by atoms with E-state index in [-0.39, 0.29) is 5.91 Å². The zero-order valence-electron chi connectivity index (χ0n) is 16.9. The first-order valence-electron chi connectivity index (χ1n) is 9.69. The lowest BCUT2D eigenvalue weighted by molar-refractivity contribution is -0.132. The molecule has 0 aliphatic carbocycles. The van der Waals surface area contributed by atoms with Crippen LogP contribution in [0.1, 0.15) is 36.0 Å². The molecule has 0 radical (unpaired) electrons. The highest BCUT2D eigenvalue weighted by molar-refractivity contribution is 5.77. The number of aromatic nitrogens is 7. The lowest BCUT2D eigenvalue weighted by Gasteiger charge is -2.27. The van der Waals surface area contributed by atoms with Crippen molar-refractivity contribution in [1.29, 1.82) is 0 Å². The number of hydrogen-bond donors (Lipinski definition) is 0. The zero-order valence-corrected chi connectivity index (χ0v) is 16.9. The van der Waals surface area contributed by atoms with Crippen molar-refractivity contribution in [3.63, 3.8) is 0 Å². The Morgan fingerprint density at radius 3 is 2.79 bits per heavy atom. The van der Waals surface area contributed by atoms with Gasteiger partial charge in [0.1, 0.15) is 12.0 Å². The standard InChI is InChI=1S/C19H26N8O/c1-5-25-12-20-21-19(25)18-15-11-26(8-6-16(15)24(4)23-18)17(28)7-9-27-14(3)10-13(2)22-27/h10,12H,5-9,11H2,1-4H3. The third kappa shape index (κ3) is 3.21. The number of aryl methyl sites for hydroxylation is 5. The number of nitrogens with zero attached hydrogens (tertiary/aromatic N) is 8. The first-order valence-corrected chi connectivity index (χ1v) is 9.69. The Labute approximate surface area is 164 Å². The Balaban J connectivity index is 1.52. The summed E-state index contributed by atoms with van der Waals surface area (Å²) >= 11 is 0. The van der Waals surface area contributed by atoms with Crippen LogP contribution in [0.4, 0.5) is 0 Å². The second-order valence-electron chi connectivity index (χ2n) is 7.30. The molecule has 1 aliphatic heterocycles. The van der Waals surface area contributed by atoms with Crippen molar-refractivity contribution in [1.82, 2.24) is 39.2 Å². The average molecular weight is 382 g/mol. The maximum absolute atomic E-state index is 12.9. The average Bonchev–Trinajstić information content (AvgIpc) is 3.36. The van der Waals surface area contributed by atoms with E-state index >= 15 is 0 Å². The zero-order chi connectivity index (χ0) is 19.8. The number of fused-ring (bicyclic) bond motifs is 1. The largest absolute Gasteiger partial charge is 0.338 e. The molecule has 0 saturated heterocycles. The van der Waals surface area contributed by atoms with Crippen molar-refractivity contribution in [2.45, 2.75) is 53.2 Å². The molecule has 0 saturated carbocycles. The van der Waals surface area contributed by atoms with Crippen LogP contribution in [0.5, 0.6) is 0 Å². The van der Waals surface area contributed by atoms with Crippen molar-refractivity contribution >= 4 is 5.91 Å². The molecule has 4 heterocycles. The van der Waals surface area contributed by atoms with Crippen LogP contribution in [0.15, 0.2) is 12.4 Å². The van der Waals surface area contributed by atoms with Crippen molar-refractivity contribution in [2.24, 2.45) is 7.05 Å². The van der Waals surface area contributed by atoms with Gasteiger partial charge in [-0.3, -0.25) is 14.2 Å². The molecule has 0 N–H and O–H groups in total. The van der Waals surface area contributed by atoms with E-state index in [4.69, 9.17) is 0 Å². The molecule has 9 heteroatoms. The van der Waals surface area contributed by atoms with Gasteiger partial charge in [0.05, 0.1) is 5.69 Å². The molecular weight excluding hydrogens is 356 g/mol. The van der Waals surface area contributed by atoms with E-state index in [2.05, 4.69) is 27.3 Å². The van der Waals surface area contributed by atoms with Gasteiger partial charge in [0.25, 0.3) is 0 Å². The maximum atomic E-state index is 12.9. The molecule has 0 unspecified atom stereocenters. The molecule has 3 aromatic heterocycles. The third-order valence-corrected chi connectivity index (χ3v) is 5.40. The van der Waals surface area contributed by atoms with Gasteiger partial charge in [0.2, 0.25) is 5.91 Å². The Hall–Kier alpha value is -2.97. The molecule has 1 amide bonds. The molecule has 1 aliphatic rings. The molecule has 0 aromatic carbocycles. The van der Waals surface area contributed by atoms with Crippen molar-refractivity contribution in [3.8, 4) is 11.5 Å². The fraction of sp³-hybridized carbons (Fsp3) is 0.526. The number of carbonyl (C=O) groups is 1. The minimum absolute atomic E-state index is 0.143. The van der Waals surface area contributed by atoms with Gasteiger partial charge in [-0.05, 0) is 26.8 Å². The van der Waals surface area contributed by atoms with Gasteiger partial charge in [-0.2, -0.15) is 10.2 Å². The summed E-state index contributed by atoms with van der Waals surface area (Å²) in [5, 5.41) is 17.4. The number of rotatable bonds is 5. The smallest absolute Gasteiger partial charge is 0.224 e. The lowest BCUT2D eigenvalue weighted by atomic mass is 10.0. The van der Waals surface area contributed by atoms with Crippen LogP contribution in [0.25, 0.3) is 11.5 Å². The lowest BCUT2D eigenvalue weighted by Crippen LogP contribution is -2.36. The predicted molar refractivity (Wildman–Crippen MR) is 103 cm³/mol. The van der Waals surface area contributed by atoms with E-state index in [1.165, 1.54) is 5.69 Å². The molecule has 3 aromatic rings. The summed E-state index contributed by atoms with van der Waals surface area (Å²) in [5.41, 5.74) is 5.14. The van der Waals surface area contributed by atoms with E-state index in [1.54, 1.807) is 6.33 Å². The molecule has 0 atom stereocenters. The summed E-state index contributed by atoms with van der Waals surface area (Å²) in [7, 11) is 1.95. The summed E-state index contributed by atoms with van der Waals surface area (Å²) in [6.07, 6.45) is 2.96. The van der Waals surface area contributed by atoms with Crippen LogP contribution in [0, 0.1) is 13.8 Å². The van der Waals surface area contributed by atoms with E-state index in [0.717, 1.165) is 41.4 Å². The molecule has 0 fully saturated rings. The van der Waals surface area contributed by atoms with Gasteiger partial charge in [-0.1, -0.05) is 0 Å². The fourth-order valence-electron chi connectivity index (χ4n) is 3.92. The van der Waals surface area contributed by atoms with Crippen molar-refractivity contribution in [3.05, 3.63) is 35.0 Å². The quantitative estimate of drug-likeness (QED) is 0.667. The number of amides is 1. The minimum Gasteiger partial charge on any atom is -0.338 e. The topological polar surface area (TPSA) is 86.7 Å². The molecule has 4 rings (SSSR count). The van der Waals surface area contributed by atoms with E-state index < -0.39 is 0 Å².